The second kappa shape index (κ2) is 7.36. The minimum Gasteiger partial charge on any atom is -0.316 e. The third-order valence-electron chi connectivity index (χ3n) is 3.69. The second-order valence-electron chi connectivity index (χ2n) is 5.45. The van der Waals surface area contributed by atoms with Gasteiger partial charge in [-0.2, -0.15) is 0 Å². The average molecular weight is 351 g/mol. The topological polar surface area (TPSA) is 64.0 Å². The Morgan fingerprint density at radius 3 is 2.40 bits per heavy atom. The lowest BCUT2D eigenvalue weighted by molar-refractivity contribution is 0.102. The minimum atomic E-state index is -0.341. The summed E-state index contributed by atoms with van der Waals surface area (Å²) < 4.78 is 1.50. The summed E-state index contributed by atoms with van der Waals surface area (Å²) in [5.41, 5.74) is 2.13. The van der Waals surface area contributed by atoms with Crippen LogP contribution >= 0.6 is 11.8 Å². The molecule has 0 aliphatic rings. The van der Waals surface area contributed by atoms with E-state index < -0.39 is 0 Å². The van der Waals surface area contributed by atoms with Gasteiger partial charge >= 0.3 is 0 Å². The SMILES string of the molecule is CSc1ncc(NC(=O)c2ccccc2)c(=O)n1-c1ccc(C)cc1. The molecule has 0 aliphatic carbocycles. The maximum Gasteiger partial charge on any atom is 0.282 e. The molecular weight excluding hydrogens is 334 g/mol. The molecule has 0 bridgehead atoms. The van der Waals surface area contributed by atoms with Crippen LogP contribution in [0.3, 0.4) is 0 Å². The third-order valence-corrected chi connectivity index (χ3v) is 4.34. The molecule has 1 aromatic heterocycles. The Morgan fingerprint density at radius 2 is 1.76 bits per heavy atom. The molecule has 5 nitrogen and oxygen atoms in total. The van der Waals surface area contributed by atoms with Gasteiger partial charge in [0.1, 0.15) is 5.69 Å². The van der Waals surface area contributed by atoms with Crippen molar-refractivity contribution in [3.63, 3.8) is 0 Å². The number of anilines is 1. The van der Waals surface area contributed by atoms with Gasteiger partial charge in [0.25, 0.3) is 11.5 Å². The summed E-state index contributed by atoms with van der Waals surface area (Å²) in [5, 5.41) is 3.22. The van der Waals surface area contributed by atoms with Gasteiger partial charge in [0.15, 0.2) is 5.16 Å². The fourth-order valence-electron chi connectivity index (χ4n) is 2.38. The summed E-state index contributed by atoms with van der Waals surface area (Å²) >= 11 is 1.37. The van der Waals surface area contributed by atoms with Crippen LogP contribution in [0.4, 0.5) is 5.69 Å². The second-order valence-corrected chi connectivity index (χ2v) is 6.23. The minimum absolute atomic E-state index is 0.146. The molecule has 2 aromatic carbocycles. The summed E-state index contributed by atoms with van der Waals surface area (Å²) in [6.07, 6.45) is 3.26. The van der Waals surface area contributed by atoms with Crippen LogP contribution in [0.15, 0.2) is 70.7 Å². The maximum absolute atomic E-state index is 12.9. The van der Waals surface area contributed by atoms with E-state index in [2.05, 4.69) is 10.3 Å². The van der Waals surface area contributed by atoms with E-state index >= 15 is 0 Å². The smallest absolute Gasteiger partial charge is 0.282 e. The van der Waals surface area contributed by atoms with Crippen molar-refractivity contribution in [2.75, 3.05) is 11.6 Å². The summed E-state index contributed by atoms with van der Waals surface area (Å²) in [5.74, 6) is -0.341. The van der Waals surface area contributed by atoms with Crippen molar-refractivity contribution in [1.29, 1.82) is 0 Å². The number of nitrogens with zero attached hydrogens (tertiary/aromatic N) is 2. The normalized spacial score (nSPS) is 10.5. The van der Waals surface area contributed by atoms with Gasteiger partial charge in [-0.15, -0.1) is 0 Å². The zero-order valence-corrected chi connectivity index (χ0v) is 14.7. The predicted molar refractivity (Wildman–Crippen MR) is 101 cm³/mol. The van der Waals surface area contributed by atoms with Crippen LogP contribution in [0.2, 0.25) is 0 Å². The zero-order valence-electron chi connectivity index (χ0n) is 13.9. The Kier molecular flexibility index (Phi) is 5.00. The van der Waals surface area contributed by atoms with Crippen molar-refractivity contribution in [2.45, 2.75) is 12.1 Å². The van der Waals surface area contributed by atoms with Crippen LogP contribution in [-0.4, -0.2) is 21.7 Å². The number of rotatable bonds is 4. The van der Waals surface area contributed by atoms with Crippen molar-refractivity contribution in [3.8, 4) is 5.69 Å². The maximum atomic E-state index is 12.9. The molecule has 3 rings (SSSR count). The molecule has 0 unspecified atom stereocenters. The number of amides is 1. The van der Waals surface area contributed by atoms with Crippen LogP contribution in [0.25, 0.3) is 5.69 Å². The van der Waals surface area contributed by atoms with E-state index in [1.54, 1.807) is 24.3 Å². The van der Waals surface area contributed by atoms with Crippen molar-refractivity contribution >= 4 is 23.4 Å². The number of carbonyl (C=O) groups is 1. The predicted octanol–water partition coefficient (Wildman–Crippen LogP) is 3.52. The highest BCUT2D eigenvalue weighted by Gasteiger charge is 2.14. The zero-order chi connectivity index (χ0) is 17.8. The molecule has 0 aliphatic heterocycles. The van der Waals surface area contributed by atoms with Gasteiger partial charge in [0.2, 0.25) is 0 Å². The number of aryl methyl sites for hydroxylation is 1. The summed E-state index contributed by atoms with van der Waals surface area (Å²) in [4.78, 5) is 29.5. The van der Waals surface area contributed by atoms with E-state index in [0.717, 1.165) is 5.56 Å². The molecule has 0 radical (unpaired) electrons. The highest BCUT2D eigenvalue weighted by atomic mass is 32.2. The van der Waals surface area contributed by atoms with E-state index in [1.807, 2.05) is 43.5 Å². The molecule has 3 aromatic rings. The quantitative estimate of drug-likeness (QED) is 0.577. The highest BCUT2D eigenvalue weighted by Crippen LogP contribution is 2.17. The number of hydrogen-bond acceptors (Lipinski definition) is 4. The molecule has 1 amide bonds. The number of hydrogen-bond donors (Lipinski definition) is 1. The lowest BCUT2D eigenvalue weighted by Gasteiger charge is -2.13. The first-order valence-corrected chi connectivity index (χ1v) is 8.92. The van der Waals surface area contributed by atoms with Gasteiger partial charge in [-0.05, 0) is 37.4 Å². The van der Waals surface area contributed by atoms with Gasteiger partial charge in [-0.3, -0.25) is 14.2 Å². The molecule has 6 heteroatoms. The summed E-state index contributed by atoms with van der Waals surface area (Å²) in [6, 6.07) is 16.3. The van der Waals surface area contributed by atoms with Crippen molar-refractivity contribution < 1.29 is 4.79 Å². The van der Waals surface area contributed by atoms with E-state index in [0.29, 0.717) is 16.4 Å². The van der Waals surface area contributed by atoms with Gasteiger partial charge in [0.05, 0.1) is 11.9 Å². The number of nitrogens with one attached hydrogen (secondary N) is 1. The van der Waals surface area contributed by atoms with Crippen molar-refractivity contribution in [3.05, 3.63) is 82.3 Å². The molecule has 126 valence electrons. The van der Waals surface area contributed by atoms with E-state index in [9.17, 15) is 9.59 Å². The van der Waals surface area contributed by atoms with Crippen molar-refractivity contribution in [1.82, 2.24) is 9.55 Å². The molecule has 0 spiro atoms. The van der Waals surface area contributed by atoms with Crippen LogP contribution in [0.5, 0.6) is 0 Å². The van der Waals surface area contributed by atoms with Gasteiger partial charge in [-0.25, -0.2) is 4.98 Å². The fraction of sp³-hybridized carbons (Fsp3) is 0.105. The molecule has 0 fully saturated rings. The Balaban J connectivity index is 2.02. The average Bonchev–Trinajstić information content (AvgIpc) is 2.65. The van der Waals surface area contributed by atoms with Gasteiger partial charge < -0.3 is 5.32 Å². The lowest BCUT2D eigenvalue weighted by Crippen LogP contribution is -2.26. The van der Waals surface area contributed by atoms with Crippen LogP contribution < -0.4 is 10.9 Å². The molecule has 1 heterocycles. The van der Waals surface area contributed by atoms with Crippen molar-refractivity contribution in [2.24, 2.45) is 0 Å². The number of aromatic nitrogens is 2. The van der Waals surface area contributed by atoms with Crippen LogP contribution in [0.1, 0.15) is 15.9 Å². The summed E-state index contributed by atoms with van der Waals surface area (Å²) in [7, 11) is 0. The molecule has 1 N–H and O–H groups in total. The molecule has 25 heavy (non-hydrogen) atoms. The van der Waals surface area contributed by atoms with E-state index in [4.69, 9.17) is 0 Å². The third kappa shape index (κ3) is 3.64. The van der Waals surface area contributed by atoms with Gasteiger partial charge in [-0.1, -0.05) is 47.7 Å². The Hall–Kier alpha value is -2.86. The Bertz CT molecular complexity index is 951. The van der Waals surface area contributed by atoms with Crippen LogP contribution in [-0.2, 0) is 0 Å². The first-order chi connectivity index (χ1) is 12.1. The number of benzene rings is 2. The Morgan fingerprint density at radius 1 is 1.08 bits per heavy atom. The Labute approximate surface area is 149 Å². The summed E-state index contributed by atoms with van der Waals surface area (Å²) in [6.45, 7) is 1.98. The molecule has 0 saturated carbocycles. The van der Waals surface area contributed by atoms with Gasteiger partial charge in [0, 0.05) is 5.56 Å². The lowest BCUT2D eigenvalue weighted by atomic mass is 10.2. The largest absolute Gasteiger partial charge is 0.316 e. The number of carbonyl (C=O) groups excluding carboxylic acids is 1. The molecule has 0 saturated heterocycles. The van der Waals surface area contributed by atoms with E-state index in [1.165, 1.54) is 22.5 Å². The number of thioether (sulfide) groups is 1. The van der Waals surface area contributed by atoms with E-state index in [-0.39, 0.29) is 17.2 Å². The first-order valence-electron chi connectivity index (χ1n) is 7.69. The standard InChI is InChI=1S/C19H17N3O2S/c1-13-8-10-15(11-9-13)22-18(24)16(12-20-19(22)25-2)21-17(23)14-6-4-3-5-7-14/h3-12H,1-2H3,(H,21,23). The molecule has 0 atom stereocenters. The first kappa shape index (κ1) is 17.0. The monoisotopic (exact) mass is 351 g/mol. The highest BCUT2D eigenvalue weighted by molar-refractivity contribution is 7.98. The van der Waals surface area contributed by atoms with Crippen LogP contribution in [0, 0.1) is 6.92 Å². The fourth-order valence-corrected chi connectivity index (χ4v) is 2.90. The molecular formula is C19H17N3O2S.